The summed E-state index contributed by atoms with van der Waals surface area (Å²) in [6.45, 7) is 0.495. The van der Waals surface area contributed by atoms with Crippen LogP contribution >= 0.6 is 22.6 Å². The zero-order valence-corrected chi connectivity index (χ0v) is 18.5. The van der Waals surface area contributed by atoms with Crippen molar-refractivity contribution in [1.82, 2.24) is 10.2 Å². The molecule has 30 heavy (non-hydrogen) atoms. The fourth-order valence-electron chi connectivity index (χ4n) is 3.63. The van der Waals surface area contributed by atoms with Crippen LogP contribution in [0.3, 0.4) is 0 Å². The maximum atomic E-state index is 6.07. The van der Waals surface area contributed by atoms with E-state index in [1.807, 2.05) is 36.4 Å². The van der Waals surface area contributed by atoms with E-state index in [0.717, 1.165) is 44.8 Å². The molecule has 6 heteroatoms. The molecule has 0 unspecified atom stereocenters. The molecule has 0 bridgehead atoms. The fraction of sp³-hybridized carbons (Fsp3) is 0.0833. The minimum absolute atomic E-state index is 0.495. The lowest BCUT2D eigenvalue weighted by Gasteiger charge is -2.11. The Morgan fingerprint density at radius 1 is 0.900 bits per heavy atom. The topological polar surface area (TPSA) is 62.1 Å². The Morgan fingerprint density at radius 2 is 1.77 bits per heavy atom. The van der Waals surface area contributed by atoms with E-state index < -0.39 is 0 Å². The summed E-state index contributed by atoms with van der Waals surface area (Å²) in [7, 11) is 1.67. The Labute approximate surface area is 187 Å². The number of halogens is 1. The van der Waals surface area contributed by atoms with Gasteiger partial charge in [0.1, 0.15) is 12.4 Å². The average molecular weight is 509 g/mol. The van der Waals surface area contributed by atoms with Crippen molar-refractivity contribution in [3.8, 4) is 22.8 Å². The van der Waals surface area contributed by atoms with Crippen molar-refractivity contribution < 1.29 is 9.47 Å². The van der Waals surface area contributed by atoms with E-state index >= 15 is 0 Å². The van der Waals surface area contributed by atoms with Crippen LogP contribution in [0.4, 0.5) is 11.5 Å². The van der Waals surface area contributed by atoms with E-state index in [2.05, 4.69) is 74.5 Å². The van der Waals surface area contributed by atoms with Crippen LogP contribution in [0.1, 0.15) is 5.56 Å². The zero-order valence-electron chi connectivity index (χ0n) is 16.3. The van der Waals surface area contributed by atoms with Crippen LogP contribution in [0.15, 0.2) is 72.8 Å². The van der Waals surface area contributed by atoms with Crippen LogP contribution in [0.5, 0.6) is 11.5 Å². The third-order valence-electron chi connectivity index (χ3n) is 5.09. The second-order valence-electron chi connectivity index (χ2n) is 7.06. The number of H-pyrrole nitrogens is 2. The Hall–Kier alpha value is -3.13. The number of hydrogen-bond donors (Lipinski definition) is 3. The third-order valence-corrected chi connectivity index (χ3v) is 5.76. The molecule has 0 fully saturated rings. The molecule has 0 spiro atoms. The van der Waals surface area contributed by atoms with Gasteiger partial charge in [-0.15, -0.1) is 0 Å². The quantitative estimate of drug-likeness (QED) is 0.228. The molecule has 3 N–H and O–H groups in total. The minimum atomic E-state index is 0.495. The molecule has 0 saturated carbocycles. The summed E-state index contributed by atoms with van der Waals surface area (Å²) in [5.41, 5.74) is 4.28. The van der Waals surface area contributed by atoms with Gasteiger partial charge >= 0.3 is 0 Å². The normalized spacial score (nSPS) is 11.1. The van der Waals surface area contributed by atoms with E-state index in [0.29, 0.717) is 12.4 Å². The average Bonchev–Trinajstić information content (AvgIpc) is 3.31. The number of hydrogen-bond acceptors (Lipinski definition) is 3. The molecule has 5 nitrogen and oxygen atoms in total. The number of aromatic amines is 2. The van der Waals surface area contributed by atoms with E-state index in [1.165, 1.54) is 3.57 Å². The smallest absolute Gasteiger partial charge is 0.162 e. The second-order valence-corrected chi connectivity index (χ2v) is 8.30. The fourth-order valence-corrected chi connectivity index (χ4v) is 4.17. The summed E-state index contributed by atoms with van der Waals surface area (Å²) in [5, 5.41) is 12.2. The lowest BCUT2D eigenvalue weighted by Crippen LogP contribution is -1.97. The number of benzene rings is 3. The highest BCUT2D eigenvalue weighted by Crippen LogP contribution is 2.43. The molecular formula is C24H20IN3O2. The molecule has 0 atom stereocenters. The van der Waals surface area contributed by atoms with E-state index in [-0.39, 0.29) is 0 Å². The van der Waals surface area contributed by atoms with E-state index in [9.17, 15) is 0 Å². The first-order chi connectivity index (χ1) is 14.7. The monoisotopic (exact) mass is 509 g/mol. The van der Waals surface area contributed by atoms with Crippen molar-refractivity contribution in [3.05, 3.63) is 81.9 Å². The highest BCUT2D eigenvalue weighted by molar-refractivity contribution is 14.1. The largest absolute Gasteiger partial charge is 0.493 e. The molecular weight excluding hydrogens is 489 g/mol. The van der Waals surface area contributed by atoms with Gasteiger partial charge in [0.25, 0.3) is 0 Å². The van der Waals surface area contributed by atoms with Crippen LogP contribution in [-0.4, -0.2) is 17.3 Å². The first kappa shape index (κ1) is 18.9. The molecule has 3 aromatic rings. The van der Waals surface area contributed by atoms with Crippen molar-refractivity contribution >= 4 is 44.9 Å². The van der Waals surface area contributed by atoms with Crippen molar-refractivity contribution in [2.75, 3.05) is 12.4 Å². The Balaban J connectivity index is 1.48. The summed E-state index contributed by atoms with van der Waals surface area (Å²) >= 11 is 2.31. The van der Waals surface area contributed by atoms with Gasteiger partial charge < -0.3 is 14.8 Å². The second kappa shape index (κ2) is 7.95. The van der Waals surface area contributed by atoms with E-state index in [1.54, 1.807) is 7.11 Å². The Bertz CT molecular complexity index is 1280. The zero-order chi connectivity index (χ0) is 20.5. The van der Waals surface area contributed by atoms with Gasteiger partial charge in [-0.2, -0.15) is 0 Å². The Morgan fingerprint density at radius 3 is 2.57 bits per heavy atom. The summed E-state index contributed by atoms with van der Waals surface area (Å²) in [5.74, 6) is 2.37. The highest BCUT2D eigenvalue weighted by atomic mass is 127. The van der Waals surface area contributed by atoms with Gasteiger partial charge in [-0.25, -0.2) is 0 Å². The molecule has 5 rings (SSSR count). The maximum absolute atomic E-state index is 6.07. The first-order valence-corrected chi connectivity index (χ1v) is 10.7. The van der Waals surface area contributed by atoms with Crippen LogP contribution in [0.25, 0.3) is 22.0 Å². The predicted octanol–water partition coefficient (Wildman–Crippen LogP) is 6.54. The van der Waals surface area contributed by atoms with Gasteiger partial charge in [-0.05, 0) is 69.9 Å². The van der Waals surface area contributed by atoms with Gasteiger partial charge in [0.15, 0.2) is 11.5 Å². The lowest BCUT2D eigenvalue weighted by atomic mass is 10.2. The number of nitrogens with one attached hydrogen (secondary N) is 3. The van der Waals surface area contributed by atoms with Crippen LogP contribution in [0.2, 0.25) is 0 Å². The van der Waals surface area contributed by atoms with Crippen molar-refractivity contribution in [3.63, 3.8) is 0 Å². The van der Waals surface area contributed by atoms with E-state index in [4.69, 9.17) is 9.47 Å². The standard InChI is InChI=1S/C24H20IN3O2/c1-29-21-13-19-16(11-22(21)30-14-15-6-3-2-4-7-15)10-20-23(19)27-28-24(20)26-18-9-5-8-17(25)12-18/h2-13,26-28H,14H2,1H3. The SMILES string of the molecule is COc1cc2c3[nH][nH]c(Nc4cccc(I)c4)c-3cc2cc1OCc1ccccc1. The summed E-state index contributed by atoms with van der Waals surface area (Å²) in [4.78, 5) is 0. The molecule has 150 valence electrons. The number of anilines is 2. The molecule has 2 aliphatic rings. The maximum Gasteiger partial charge on any atom is 0.162 e. The number of methoxy groups -OCH3 is 1. The van der Waals surface area contributed by atoms with Crippen molar-refractivity contribution in [2.45, 2.75) is 6.61 Å². The highest BCUT2D eigenvalue weighted by Gasteiger charge is 2.19. The first-order valence-electron chi connectivity index (χ1n) is 9.61. The third kappa shape index (κ3) is 3.59. The summed E-state index contributed by atoms with van der Waals surface area (Å²) in [6, 6.07) is 24.6. The van der Waals surface area contributed by atoms with Gasteiger partial charge in [0.2, 0.25) is 0 Å². The minimum Gasteiger partial charge on any atom is -0.493 e. The predicted molar refractivity (Wildman–Crippen MR) is 129 cm³/mol. The van der Waals surface area contributed by atoms with Gasteiger partial charge in [-0.3, -0.25) is 10.2 Å². The van der Waals surface area contributed by atoms with Crippen LogP contribution < -0.4 is 14.8 Å². The molecule has 0 aromatic heterocycles. The summed E-state index contributed by atoms with van der Waals surface area (Å²) in [6.07, 6.45) is 0. The number of aromatic nitrogens is 2. The molecule has 1 heterocycles. The molecule has 0 amide bonds. The van der Waals surface area contributed by atoms with Gasteiger partial charge in [0, 0.05) is 20.2 Å². The Kier molecular flexibility index (Phi) is 5.00. The lowest BCUT2D eigenvalue weighted by molar-refractivity contribution is 0.285. The van der Waals surface area contributed by atoms with Crippen molar-refractivity contribution in [2.24, 2.45) is 0 Å². The molecule has 0 radical (unpaired) electrons. The number of ether oxygens (including phenoxy) is 2. The van der Waals surface area contributed by atoms with Crippen LogP contribution in [-0.2, 0) is 6.61 Å². The summed E-state index contributed by atoms with van der Waals surface area (Å²) < 4.78 is 12.9. The van der Waals surface area contributed by atoms with Gasteiger partial charge in [0.05, 0.1) is 12.8 Å². The van der Waals surface area contributed by atoms with Gasteiger partial charge in [-0.1, -0.05) is 36.4 Å². The molecule has 0 saturated heterocycles. The van der Waals surface area contributed by atoms with Crippen LogP contribution in [0, 0.1) is 3.57 Å². The number of fused-ring (bicyclic) bond motifs is 3. The molecule has 1 aliphatic carbocycles. The molecule has 3 aromatic carbocycles. The molecule has 1 aliphatic heterocycles. The van der Waals surface area contributed by atoms with Crippen molar-refractivity contribution in [1.29, 1.82) is 0 Å². The number of rotatable bonds is 6.